The normalized spacial score (nSPS) is 17.5. The first-order valence-corrected chi connectivity index (χ1v) is 8.41. The summed E-state index contributed by atoms with van der Waals surface area (Å²) >= 11 is 0. The van der Waals surface area contributed by atoms with Crippen molar-refractivity contribution in [1.82, 2.24) is 14.7 Å². The molecule has 5 nitrogen and oxygen atoms in total. The summed E-state index contributed by atoms with van der Waals surface area (Å²) in [6, 6.07) is 10.0. The molecule has 24 heavy (non-hydrogen) atoms. The standard InChI is InChI=1S/C19H25N3O2/c1-13-16-11-12-21(18(23)24-19(3,4)5)14(2)17(16)20-22(13)15-9-7-6-8-10-15/h6-10,14H,11-12H2,1-5H3/t14-/m0/s1. The molecule has 0 fully saturated rings. The lowest BCUT2D eigenvalue weighted by molar-refractivity contribution is 0.0155. The molecule has 2 heterocycles. The molecular weight excluding hydrogens is 302 g/mol. The molecule has 0 unspecified atom stereocenters. The highest BCUT2D eigenvalue weighted by atomic mass is 16.6. The van der Waals surface area contributed by atoms with Crippen molar-refractivity contribution in [3.63, 3.8) is 0 Å². The van der Waals surface area contributed by atoms with Gasteiger partial charge in [0.15, 0.2) is 0 Å². The zero-order valence-corrected chi connectivity index (χ0v) is 15.0. The van der Waals surface area contributed by atoms with E-state index in [9.17, 15) is 4.79 Å². The van der Waals surface area contributed by atoms with Crippen LogP contribution in [0.25, 0.3) is 5.69 Å². The minimum Gasteiger partial charge on any atom is -0.444 e. The van der Waals surface area contributed by atoms with Gasteiger partial charge in [-0.2, -0.15) is 5.10 Å². The summed E-state index contributed by atoms with van der Waals surface area (Å²) in [5, 5.41) is 4.80. The highest BCUT2D eigenvalue weighted by Crippen LogP contribution is 2.32. The first-order valence-electron chi connectivity index (χ1n) is 8.41. The lowest BCUT2D eigenvalue weighted by Crippen LogP contribution is -2.42. The van der Waals surface area contributed by atoms with Gasteiger partial charge in [0.25, 0.3) is 0 Å². The van der Waals surface area contributed by atoms with Gasteiger partial charge in [-0.1, -0.05) is 18.2 Å². The van der Waals surface area contributed by atoms with Crippen molar-refractivity contribution in [2.24, 2.45) is 0 Å². The minimum atomic E-state index is -0.490. The first-order chi connectivity index (χ1) is 11.3. The quantitative estimate of drug-likeness (QED) is 0.794. The van der Waals surface area contributed by atoms with E-state index in [0.29, 0.717) is 6.54 Å². The summed E-state index contributed by atoms with van der Waals surface area (Å²) in [6.07, 6.45) is 0.532. The van der Waals surface area contributed by atoms with E-state index in [-0.39, 0.29) is 12.1 Å². The van der Waals surface area contributed by atoms with Crippen molar-refractivity contribution in [1.29, 1.82) is 0 Å². The van der Waals surface area contributed by atoms with Crippen LogP contribution < -0.4 is 0 Å². The largest absolute Gasteiger partial charge is 0.444 e. The molecule has 2 aromatic rings. The second-order valence-corrected chi connectivity index (χ2v) is 7.30. The molecule has 1 aliphatic rings. The predicted octanol–water partition coefficient (Wildman–Crippen LogP) is 4.03. The number of carbonyl (C=O) groups is 1. The summed E-state index contributed by atoms with van der Waals surface area (Å²) in [7, 11) is 0. The molecular formula is C19H25N3O2. The van der Waals surface area contributed by atoms with Gasteiger partial charge in [-0.05, 0) is 53.2 Å². The Morgan fingerprint density at radius 1 is 1.25 bits per heavy atom. The van der Waals surface area contributed by atoms with Crippen molar-refractivity contribution in [2.45, 2.75) is 52.7 Å². The van der Waals surface area contributed by atoms with Crippen LogP contribution in [0.2, 0.25) is 0 Å². The molecule has 0 spiro atoms. The van der Waals surface area contributed by atoms with Crippen LogP contribution in [-0.2, 0) is 11.2 Å². The predicted molar refractivity (Wildman–Crippen MR) is 93.4 cm³/mol. The smallest absolute Gasteiger partial charge is 0.410 e. The molecule has 0 saturated carbocycles. The van der Waals surface area contributed by atoms with Crippen LogP contribution in [-0.4, -0.2) is 32.9 Å². The number of ether oxygens (including phenoxy) is 1. The van der Waals surface area contributed by atoms with E-state index in [1.54, 1.807) is 4.90 Å². The number of para-hydroxylation sites is 1. The molecule has 0 radical (unpaired) electrons. The summed E-state index contributed by atoms with van der Waals surface area (Å²) in [5.74, 6) is 0. The Balaban J connectivity index is 1.91. The summed E-state index contributed by atoms with van der Waals surface area (Å²) < 4.78 is 7.51. The van der Waals surface area contributed by atoms with Crippen LogP contribution in [0.1, 0.15) is 50.7 Å². The van der Waals surface area contributed by atoms with Gasteiger partial charge in [0.2, 0.25) is 0 Å². The van der Waals surface area contributed by atoms with Gasteiger partial charge < -0.3 is 4.74 Å². The van der Waals surface area contributed by atoms with E-state index in [1.807, 2.05) is 62.7 Å². The van der Waals surface area contributed by atoms with E-state index in [2.05, 4.69) is 6.92 Å². The summed E-state index contributed by atoms with van der Waals surface area (Å²) in [4.78, 5) is 14.2. The molecule has 128 valence electrons. The zero-order chi connectivity index (χ0) is 17.5. The van der Waals surface area contributed by atoms with Gasteiger partial charge in [-0.25, -0.2) is 9.48 Å². The third-order valence-corrected chi connectivity index (χ3v) is 4.37. The van der Waals surface area contributed by atoms with Crippen LogP contribution in [0, 0.1) is 6.92 Å². The minimum absolute atomic E-state index is 0.0905. The number of amides is 1. The highest BCUT2D eigenvalue weighted by Gasteiger charge is 2.34. The fraction of sp³-hybridized carbons (Fsp3) is 0.474. The fourth-order valence-electron chi connectivity index (χ4n) is 3.17. The molecule has 0 aliphatic carbocycles. The Morgan fingerprint density at radius 2 is 1.92 bits per heavy atom. The van der Waals surface area contributed by atoms with E-state index in [0.717, 1.165) is 23.5 Å². The number of nitrogens with zero attached hydrogens (tertiary/aromatic N) is 3. The average Bonchev–Trinajstić information content (AvgIpc) is 2.85. The molecule has 0 bridgehead atoms. The molecule has 5 heteroatoms. The maximum atomic E-state index is 12.5. The molecule has 0 N–H and O–H groups in total. The first kappa shape index (κ1) is 16.6. The Labute approximate surface area is 143 Å². The van der Waals surface area contributed by atoms with Crippen molar-refractivity contribution in [2.75, 3.05) is 6.54 Å². The number of rotatable bonds is 1. The lowest BCUT2D eigenvalue weighted by atomic mass is 9.99. The molecule has 3 rings (SSSR count). The fourth-order valence-corrected chi connectivity index (χ4v) is 3.17. The maximum Gasteiger partial charge on any atom is 0.410 e. The number of hydrogen-bond acceptors (Lipinski definition) is 3. The van der Waals surface area contributed by atoms with E-state index in [1.165, 1.54) is 5.56 Å². The Bertz CT molecular complexity index is 744. The van der Waals surface area contributed by atoms with Gasteiger partial charge >= 0.3 is 6.09 Å². The zero-order valence-electron chi connectivity index (χ0n) is 15.0. The van der Waals surface area contributed by atoms with Crippen LogP contribution >= 0.6 is 0 Å². The third kappa shape index (κ3) is 3.03. The number of benzene rings is 1. The highest BCUT2D eigenvalue weighted by molar-refractivity contribution is 5.69. The van der Waals surface area contributed by atoms with Crippen LogP contribution in [0.15, 0.2) is 30.3 Å². The molecule has 1 atom stereocenters. The monoisotopic (exact) mass is 327 g/mol. The van der Waals surface area contributed by atoms with Gasteiger partial charge in [0.1, 0.15) is 5.60 Å². The molecule has 1 aromatic heterocycles. The van der Waals surface area contributed by atoms with E-state index < -0.39 is 5.60 Å². The SMILES string of the molecule is Cc1c2c(nn1-c1ccccc1)[C@H](C)N(C(=O)OC(C)(C)C)CC2. The van der Waals surface area contributed by atoms with Gasteiger partial charge in [0, 0.05) is 17.8 Å². The van der Waals surface area contributed by atoms with Crippen molar-refractivity contribution in [3.8, 4) is 5.69 Å². The lowest BCUT2D eigenvalue weighted by Gasteiger charge is -2.34. The summed E-state index contributed by atoms with van der Waals surface area (Å²) in [5.41, 5.74) is 3.91. The van der Waals surface area contributed by atoms with Crippen LogP contribution in [0.5, 0.6) is 0 Å². The number of aromatic nitrogens is 2. The van der Waals surface area contributed by atoms with Crippen LogP contribution in [0.4, 0.5) is 4.79 Å². The van der Waals surface area contributed by atoms with Crippen LogP contribution in [0.3, 0.4) is 0 Å². The number of carbonyl (C=O) groups excluding carboxylic acids is 1. The maximum absolute atomic E-state index is 12.5. The molecule has 0 saturated heterocycles. The van der Waals surface area contributed by atoms with Crippen molar-refractivity contribution < 1.29 is 9.53 Å². The third-order valence-electron chi connectivity index (χ3n) is 4.37. The van der Waals surface area contributed by atoms with Gasteiger partial charge in [-0.15, -0.1) is 0 Å². The Kier molecular flexibility index (Phi) is 4.11. The Hall–Kier alpha value is -2.30. The molecule has 1 aliphatic heterocycles. The van der Waals surface area contributed by atoms with Gasteiger partial charge in [-0.3, -0.25) is 4.90 Å². The van der Waals surface area contributed by atoms with Gasteiger partial charge in [0.05, 0.1) is 17.4 Å². The second kappa shape index (κ2) is 5.96. The number of fused-ring (bicyclic) bond motifs is 1. The van der Waals surface area contributed by atoms with Crippen molar-refractivity contribution in [3.05, 3.63) is 47.3 Å². The molecule has 1 amide bonds. The number of hydrogen-bond donors (Lipinski definition) is 0. The second-order valence-electron chi connectivity index (χ2n) is 7.30. The topological polar surface area (TPSA) is 47.4 Å². The van der Waals surface area contributed by atoms with E-state index >= 15 is 0 Å². The van der Waals surface area contributed by atoms with Crippen molar-refractivity contribution >= 4 is 6.09 Å². The Morgan fingerprint density at radius 3 is 2.54 bits per heavy atom. The average molecular weight is 327 g/mol. The summed E-state index contributed by atoms with van der Waals surface area (Å²) in [6.45, 7) is 10.4. The molecule has 1 aromatic carbocycles. The van der Waals surface area contributed by atoms with E-state index in [4.69, 9.17) is 9.84 Å².